The number of aryl methyl sites for hydroxylation is 1. The van der Waals surface area contributed by atoms with Crippen LogP contribution < -0.4 is 9.47 Å². The third kappa shape index (κ3) is 9.13. The summed E-state index contributed by atoms with van der Waals surface area (Å²) < 4.78 is 44.1. The Labute approximate surface area is 218 Å². The molecule has 7 heteroatoms. The van der Waals surface area contributed by atoms with E-state index in [2.05, 4.69) is 0 Å². The van der Waals surface area contributed by atoms with Gasteiger partial charge in [-0.25, -0.2) is 18.4 Å². The van der Waals surface area contributed by atoms with E-state index in [1.807, 2.05) is 26.0 Å². The second-order valence-corrected chi connectivity index (χ2v) is 9.76. The lowest BCUT2D eigenvalue weighted by Crippen LogP contribution is -2.29. The van der Waals surface area contributed by atoms with Crippen molar-refractivity contribution in [3.63, 3.8) is 0 Å². The molecule has 0 radical (unpaired) electrons. The Bertz CT molecular complexity index is 1000. The van der Waals surface area contributed by atoms with E-state index < -0.39 is 23.9 Å². The SMILES string of the molecule is CCCC[C@H](F)C(=O)O[C@H]1CC[C@H](CCc2ccc(OC(=O)c3ccc(OCCC)c(F)c3)cc2)CC1. The number of unbranched alkanes of at least 4 members (excludes halogenated alkanes) is 1. The van der Waals surface area contributed by atoms with Crippen molar-refractivity contribution in [2.45, 2.75) is 90.3 Å². The summed E-state index contributed by atoms with van der Waals surface area (Å²) in [6.07, 6.45) is 6.23. The van der Waals surface area contributed by atoms with Gasteiger partial charge in [0.2, 0.25) is 0 Å². The Hall–Kier alpha value is -2.96. The third-order valence-corrected chi connectivity index (χ3v) is 6.75. The number of rotatable bonds is 13. The van der Waals surface area contributed by atoms with Crippen LogP contribution in [0, 0.1) is 11.7 Å². The average molecular weight is 517 g/mol. The lowest BCUT2D eigenvalue weighted by atomic mass is 9.83. The predicted molar refractivity (Wildman–Crippen MR) is 138 cm³/mol. The minimum absolute atomic E-state index is 0.119. The molecule has 0 spiro atoms. The smallest absolute Gasteiger partial charge is 0.343 e. The van der Waals surface area contributed by atoms with Crippen LogP contribution in [0.25, 0.3) is 0 Å². The Morgan fingerprint density at radius 3 is 2.38 bits per heavy atom. The van der Waals surface area contributed by atoms with Gasteiger partial charge in [0.25, 0.3) is 0 Å². The van der Waals surface area contributed by atoms with Crippen LogP contribution in [0.3, 0.4) is 0 Å². The zero-order valence-electron chi connectivity index (χ0n) is 21.8. The quantitative estimate of drug-likeness (QED) is 0.205. The fourth-order valence-corrected chi connectivity index (χ4v) is 4.50. The fraction of sp³-hybridized carbons (Fsp3) is 0.533. The number of carbonyl (C=O) groups excluding carboxylic acids is 2. The fourth-order valence-electron chi connectivity index (χ4n) is 4.50. The number of hydrogen-bond acceptors (Lipinski definition) is 5. The summed E-state index contributed by atoms with van der Waals surface area (Å²) in [5, 5.41) is 0. The molecule has 202 valence electrons. The van der Waals surface area contributed by atoms with Gasteiger partial charge >= 0.3 is 11.9 Å². The van der Waals surface area contributed by atoms with Crippen LogP contribution in [-0.2, 0) is 16.0 Å². The summed E-state index contributed by atoms with van der Waals surface area (Å²) in [4.78, 5) is 24.3. The minimum atomic E-state index is -1.51. The van der Waals surface area contributed by atoms with Gasteiger partial charge in [-0.05, 0) is 93.2 Å². The predicted octanol–water partition coefficient (Wildman–Crippen LogP) is 7.40. The van der Waals surface area contributed by atoms with Crippen molar-refractivity contribution in [2.75, 3.05) is 6.61 Å². The van der Waals surface area contributed by atoms with Crippen LogP contribution in [0.5, 0.6) is 11.5 Å². The Balaban J connectivity index is 1.39. The number of halogens is 2. The van der Waals surface area contributed by atoms with Crippen LogP contribution in [0.2, 0.25) is 0 Å². The van der Waals surface area contributed by atoms with E-state index in [9.17, 15) is 18.4 Å². The first kappa shape index (κ1) is 28.6. The number of ether oxygens (including phenoxy) is 3. The lowest BCUT2D eigenvalue weighted by molar-refractivity contribution is -0.157. The molecule has 0 aromatic heterocycles. The molecule has 1 aliphatic rings. The number of benzene rings is 2. The first-order valence-corrected chi connectivity index (χ1v) is 13.5. The largest absolute Gasteiger partial charge is 0.491 e. The van der Waals surface area contributed by atoms with Gasteiger partial charge in [0.15, 0.2) is 17.7 Å². The van der Waals surface area contributed by atoms with E-state index in [4.69, 9.17) is 14.2 Å². The number of hydrogen-bond donors (Lipinski definition) is 0. The maximum absolute atomic E-state index is 14.1. The van der Waals surface area contributed by atoms with E-state index >= 15 is 0 Å². The van der Waals surface area contributed by atoms with Gasteiger partial charge in [0.05, 0.1) is 12.2 Å². The van der Waals surface area contributed by atoms with E-state index in [0.29, 0.717) is 24.7 Å². The van der Waals surface area contributed by atoms with Gasteiger partial charge in [-0.3, -0.25) is 0 Å². The summed E-state index contributed by atoms with van der Waals surface area (Å²) in [6.45, 7) is 4.31. The number of carbonyl (C=O) groups is 2. The van der Waals surface area contributed by atoms with Gasteiger partial charge < -0.3 is 14.2 Å². The molecular formula is C30H38F2O5. The van der Waals surface area contributed by atoms with Crippen molar-refractivity contribution in [2.24, 2.45) is 5.92 Å². The summed E-state index contributed by atoms with van der Waals surface area (Å²) in [6, 6.07) is 11.4. The van der Waals surface area contributed by atoms with Crippen LogP contribution in [0.4, 0.5) is 8.78 Å². The number of alkyl halides is 1. The second kappa shape index (κ2) is 14.7. The van der Waals surface area contributed by atoms with Crippen molar-refractivity contribution >= 4 is 11.9 Å². The summed E-state index contributed by atoms with van der Waals surface area (Å²) >= 11 is 0. The molecule has 37 heavy (non-hydrogen) atoms. The zero-order chi connectivity index (χ0) is 26.6. The topological polar surface area (TPSA) is 61.8 Å². The third-order valence-electron chi connectivity index (χ3n) is 6.75. The van der Waals surface area contributed by atoms with Crippen molar-refractivity contribution in [3.8, 4) is 11.5 Å². The molecule has 2 aromatic carbocycles. The van der Waals surface area contributed by atoms with Gasteiger partial charge in [-0.1, -0.05) is 38.8 Å². The molecule has 0 aliphatic heterocycles. The van der Waals surface area contributed by atoms with E-state index in [1.54, 1.807) is 12.1 Å². The van der Waals surface area contributed by atoms with E-state index in [0.717, 1.165) is 63.0 Å². The Morgan fingerprint density at radius 1 is 1.00 bits per heavy atom. The first-order valence-electron chi connectivity index (χ1n) is 13.5. The molecular weight excluding hydrogens is 478 g/mol. The van der Waals surface area contributed by atoms with Crippen LogP contribution in [0.1, 0.15) is 87.6 Å². The second-order valence-electron chi connectivity index (χ2n) is 9.76. The molecule has 0 N–H and O–H groups in total. The highest BCUT2D eigenvalue weighted by molar-refractivity contribution is 5.91. The summed E-state index contributed by atoms with van der Waals surface area (Å²) in [7, 11) is 0. The molecule has 1 atom stereocenters. The van der Waals surface area contributed by atoms with E-state index in [-0.39, 0.29) is 23.8 Å². The summed E-state index contributed by atoms with van der Waals surface area (Å²) in [5.74, 6) is -0.880. The maximum Gasteiger partial charge on any atom is 0.343 e. The molecule has 1 saturated carbocycles. The highest BCUT2D eigenvalue weighted by Crippen LogP contribution is 2.30. The normalized spacial score (nSPS) is 18.2. The zero-order valence-corrected chi connectivity index (χ0v) is 21.8. The molecule has 1 aliphatic carbocycles. The molecule has 1 fully saturated rings. The molecule has 0 heterocycles. The molecule has 0 saturated heterocycles. The molecule has 5 nitrogen and oxygen atoms in total. The van der Waals surface area contributed by atoms with Crippen molar-refractivity contribution in [1.82, 2.24) is 0 Å². The monoisotopic (exact) mass is 516 g/mol. The van der Waals surface area contributed by atoms with Gasteiger partial charge in [-0.15, -0.1) is 0 Å². The van der Waals surface area contributed by atoms with Crippen LogP contribution in [0.15, 0.2) is 42.5 Å². The van der Waals surface area contributed by atoms with E-state index in [1.165, 1.54) is 12.1 Å². The first-order chi connectivity index (χ1) is 17.9. The van der Waals surface area contributed by atoms with Gasteiger partial charge in [-0.2, -0.15) is 0 Å². The average Bonchev–Trinajstić information content (AvgIpc) is 2.91. The van der Waals surface area contributed by atoms with Crippen LogP contribution >= 0.6 is 0 Å². The number of esters is 2. The minimum Gasteiger partial charge on any atom is -0.491 e. The molecule has 0 unspecified atom stereocenters. The molecule has 0 bridgehead atoms. The van der Waals surface area contributed by atoms with Gasteiger partial charge in [0.1, 0.15) is 11.9 Å². The summed E-state index contributed by atoms with van der Waals surface area (Å²) in [5.41, 5.74) is 1.25. The van der Waals surface area contributed by atoms with Crippen molar-refractivity contribution in [3.05, 3.63) is 59.4 Å². The molecule has 0 amide bonds. The molecule has 2 aromatic rings. The Kier molecular flexibility index (Phi) is 11.4. The lowest BCUT2D eigenvalue weighted by Gasteiger charge is -2.28. The Morgan fingerprint density at radius 2 is 1.73 bits per heavy atom. The molecule has 3 rings (SSSR count). The van der Waals surface area contributed by atoms with Gasteiger partial charge in [0, 0.05) is 0 Å². The van der Waals surface area contributed by atoms with Crippen LogP contribution in [-0.4, -0.2) is 30.8 Å². The highest BCUT2D eigenvalue weighted by atomic mass is 19.1. The maximum atomic E-state index is 14.1. The van der Waals surface area contributed by atoms with Crippen molar-refractivity contribution in [1.29, 1.82) is 0 Å². The van der Waals surface area contributed by atoms with Crippen molar-refractivity contribution < 1.29 is 32.6 Å². The standard InChI is InChI=1S/C30H38F2O5/c1-3-5-6-26(31)30(34)37-25-16-11-22(12-17-25)8-7-21-9-14-24(15-10-21)36-29(33)23-13-18-28(27(32)20-23)35-19-4-2/h9-10,13-15,18,20,22,25-26H,3-8,11-12,16-17,19H2,1-2H3/t22-,25-,26-/m0/s1. The highest BCUT2D eigenvalue weighted by Gasteiger charge is 2.27.